The van der Waals surface area contributed by atoms with Crippen molar-refractivity contribution in [1.82, 2.24) is 5.32 Å². The van der Waals surface area contributed by atoms with E-state index in [1.54, 1.807) is 11.8 Å². The quantitative estimate of drug-likeness (QED) is 0.587. The van der Waals surface area contributed by atoms with Crippen molar-refractivity contribution < 1.29 is 0 Å². The zero-order valence-corrected chi connectivity index (χ0v) is 13.6. The Morgan fingerprint density at radius 2 is 1.95 bits per heavy atom. The molecule has 0 heterocycles. The molecule has 1 aliphatic rings. The topological polar surface area (TPSA) is 12.0 Å². The minimum atomic E-state index is 0.714. The van der Waals surface area contributed by atoms with Crippen molar-refractivity contribution in [3.05, 3.63) is 28.2 Å². The molecule has 0 saturated heterocycles. The van der Waals surface area contributed by atoms with Gasteiger partial charge in [0.25, 0.3) is 0 Å². The Balaban J connectivity index is 1.68. The van der Waals surface area contributed by atoms with Crippen LogP contribution in [0.5, 0.6) is 0 Å². The van der Waals surface area contributed by atoms with Crippen LogP contribution in [0, 0.1) is 5.92 Å². The Bertz CT molecular complexity index is 403. The van der Waals surface area contributed by atoms with E-state index in [4.69, 9.17) is 23.2 Å². The van der Waals surface area contributed by atoms with E-state index < -0.39 is 0 Å². The summed E-state index contributed by atoms with van der Waals surface area (Å²) in [5, 5.41) is 5.19. The molecule has 1 fully saturated rings. The molecule has 19 heavy (non-hydrogen) atoms. The molecule has 0 aliphatic heterocycles. The Labute approximate surface area is 130 Å². The van der Waals surface area contributed by atoms with E-state index in [0.717, 1.165) is 33.2 Å². The first kappa shape index (κ1) is 15.5. The normalized spacial score (nSPS) is 23.5. The maximum atomic E-state index is 6.14. The molecular formula is C15H21Cl2NS. The van der Waals surface area contributed by atoms with E-state index in [0.29, 0.717) is 6.04 Å². The van der Waals surface area contributed by atoms with E-state index in [1.165, 1.54) is 25.7 Å². The first-order valence-corrected chi connectivity index (χ1v) is 8.70. The maximum Gasteiger partial charge on any atom is 0.0542 e. The molecule has 1 aromatic rings. The molecule has 0 aromatic heterocycles. The standard InChI is InChI=1S/C15H21Cl2NS/c1-11-2-5-13(6-3-11)18-8-9-19-15-10-12(16)4-7-14(15)17/h4,7,10-11,13,18H,2-3,5-6,8-9H2,1H3. The Hall–Kier alpha value is 0.110. The molecule has 0 spiro atoms. The van der Waals surface area contributed by atoms with Crippen molar-refractivity contribution in [3.8, 4) is 0 Å². The molecule has 1 aliphatic carbocycles. The highest BCUT2D eigenvalue weighted by Crippen LogP contribution is 2.29. The van der Waals surface area contributed by atoms with Crippen LogP contribution in [0.15, 0.2) is 23.1 Å². The zero-order valence-electron chi connectivity index (χ0n) is 11.3. The Morgan fingerprint density at radius 3 is 2.68 bits per heavy atom. The van der Waals surface area contributed by atoms with Gasteiger partial charge in [-0.2, -0.15) is 0 Å². The minimum absolute atomic E-state index is 0.714. The predicted octanol–water partition coefficient (Wildman–Crippen LogP) is 5.25. The predicted molar refractivity (Wildman–Crippen MR) is 86.6 cm³/mol. The van der Waals surface area contributed by atoms with Crippen molar-refractivity contribution in [2.75, 3.05) is 12.3 Å². The van der Waals surface area contributed by atoms with Crippen LogP contribution in [0.1, 0.15) is 32.6 Å². The monoisotopic (exact) mass is 317 g/mol. The van der Waals surface area contributed by atoms with Gasteiger partial charge < -0.3 is 5.32 Å². The molecule has 1 N–H and O–H groups in total. The Kier molecular flexibility index (Phi) is 6.34. The molecule has 1 nitrogen and oxygen atoms in total. The molecule has 1 aromatic carbocycles. The van der Waals surface area contributed by atoms with E-state index >= 15 is 0 Å². The van der Waals surface area contributed by atoms with Crippen LogP contribution in [0.2, 0.25) is 10.0 Å². The summed E-state index contributed by atoms with van der Waals surface area (Å²) in [7, 11) is 0. The van der Waals surface area contributed by atoms with Gasteiger partial charge in [-0.25, -0.2) is 0 Å². The molecule has 1 saturated carbocycles. The van der Waals surface area contributed by atoms with Gasteiger partial charge in [-0.15, -0.1) is 11.8 Å². The third-order valence-corrected chi connectivity index (χ3v) is 5.44. The van der Waals surface area contributed by atoms with Gasteiger partial charge >= 0.3 is 0 Å². The molecule has 0 bridgehead atoms. The first-order valence-electron chi connectivity index (χ1n) is 6.96. The molecular weight excluding hydrogens is 297 g/mol. The second kappa shape index (κ2) is 7.78. The van der Waals surface area contributed by atoms with Crippen LogP contribution in [0.3, 0.4) is 0 Å². The fourth-order valence-corrected chi connectivity index (χ4v) is 3.85. The number of rotatable bonds is 5. The van der Waals surface area contributed by atoms with Crippen molar-refractivity contribution in [2.24, 2.45) is 5.92 Å². The number of nitrogens with one attached hydrogen (secondary N) is 1. The van der Waals surface area contributed by atoms with Crippen LogP contribution in [0.4, 0.5) is 0 Å². The van der Waals surface area contributed by atoms with Gasteiger partial charge in [0.05, 0.1) is 5.02 Å². The van der Waals surface area contributed by atoms with E-state index in [9.17, 15) is 0 Å². The fraction of sp³-hybridized carbons (Fsp3) is 0.600. The molecule has 0 unspecified atom stereocenters. The second-order valence-corrected chi connectivity index (χ2v) is 7.31. The average molecular weight is 318 g/mol. The lowest BCUT2D eigenvalue weighted by molar-refractivity contribution is 0.312. The van der Waals surface area contributed by atoms with Crippen LogP contribution in [-0.4, -0.2) is 18.3 Å². The molecule has 106 valence electrons. The van der Waals surface area contributed by atoms with Gasteiger partial charge in [0.1, 0.15) is 0 Å². The summed E-state index contributed by atoms with van der Waals surface area (Å²) in [6.45, 7) is 3.39. The van der Waals surface area contributed by atoms with Gasteiger partial charge in [-0.05, 0) is 49.8 Å². The largest absolute Gasteiger partial charge is 0.313 e. The molecule has 0 radical (unpaired) electrons. The summed E-state index contributed by atoms with van der Waals surface area (Å²) in [4.78, 5) is 1.08. The highest BCUT2D eigenvalue weighted by molar-refractivity contribution is 7.99. The minimum Gasteiger partial charge on any atom is -0.313 e. The average Bonchev–Trinajstić information content (AvgIpc) is 2.40. The number of hydrogen-bond acceptors (Lipinski definition) is 2. The van der Waals surface area contributed by atoms with E-state index in [1.807, 2.05) is 18.2 Å². The van der Waals surface area contributed by atoms with Crippen molar-refractivity contribution >= 4 is 35.0 Å². The van der Waals surface area contributed by atoms with Crippen molar-refractivity contribution in [3.63, 3.8) is 0 Å². The third kappa shape index (κ3) is 5.18. The van der Waals surface area contributed by atoms with Gasteiger partial charge in [0.15, 0.2) is 0 Å². The van der Waals surface area contributed by atoms with Gasteiger partial charge in [-0.1, -0.05) is 30.1 Å². The number of thioether (sulfide) groups is 1. The highest BCUT2D eigenvalue weighted by atomic mass is 35.5. The first-order chi connectivity index (χ1) is 9.15. The summed E-state index contributed by atoms with van der Waals surface area (Å²) < 4.78 is 0. The molecule has 0 atom stereocenters. The van der Waals surface area contributed by atoms with Gasteiger partial charge in [0, 0.05) is 28.3 Å². The summed E-state index contributed by atoms with van der Waals surface area (Å²) in [5.74, 6) is 1.95. The lowest BCUT2D eigenvalue weighted by Gasteiger charge is -2.27. The molecule has 4 heteroatoms. The molecule has 0 amide bonds. The summed E-state index contributed by atoms with van der Waals surface area (Å²) in [6, 6.07) is 6.35. The van der Waals surface area contributed by atoms with E-state index in [2.05, 4.69) is 12.2 Å². The lowest BCUT2D eigenvalue weighted by atomic mass is 9.87. The maximum absolute atomic E-state index is 6.14. The summed E-state index contributed by atoms with van der Waals surface area (Å²) in [6.07, 6.45) is 5.38. The Morgan fingerprint density at radius 1 is 1.21 bits per heavy atom. The lowest BCUT2D eigenvalue weighted by Crippen LogP contribution is -2.34. The highest BCUT2D eigenvalue weighted by Gasteiger charge is 2.17. The van der Waals surface area contributed by atoms with Crippen molar-refractivity contribution in [2.45, 2.75) is 43.5 Å². The van der Waals surface area contributed by atoms with Gasteiger partial charge in [-0.3, -0.25) is 0 Å². The van der Waals surface area contributed by atoms with E-state index in [-0.39, 0.29) is 0 Å². The van der Waals surface area contributed by atoms with Gasteiger partial charge in [0.2, 0.25) is 0 Å². The van der Waals surface area contributed by atoms with Crippen LogP contribution >= 0.6 is 35.0 Å². The SMILES string of the molecule is CC1CCC(NCCSc2cc(Cl)ccc2Cl)CC1. The summed E-state index contributed by atoms with van der Waals surface area (Å²) >= 11 is 13.9. The zero-order chi connectivity index (χ0) is 13.7. The van der Waals surface area contributed by atoms with Crippen LogP contribution in [0.25, 0.3) is 0 Å². The number of benzene rings is 1. The van der Waals surface area contributed by atoms with Crippen molar-refractivity contribution in [1.29, 1.82) is 0 Å². The van der Waals surface area contributed by atoms with Crippen LogP contribution in [-0.2, 0) is 0 Å². The summed E-state index contributed by atoms with van der Waals surface area (Å²) in [5.41, 5.74) is 0. The second-order valence-electron chi connectivity index (χ2n) is 5.33. The van der Waals surface area contributed by atoms with Crippen LogP contribution < -0.4 is 5.32 Å². The molecule has 2 rings (SSSR count). The fourth-order valence-electron chi connectivity index (χ4n) is 2.48. The smallest absolute Gasteiger partial charge is 0.0542 e. The number of halogens is 2. The third-order valence-electron chi connectivity index (χ3n) is 3.70. The number of hydrogen-bond donors (Lipinski definition) is 1.